The van der Waals surface area contributed by atoms with Crippen LogP contribution in [0.25, 0.3) is 6.08 Å². The lowest BCUT2D eigenvalue weighted by Crippen LogP contribution is -2.22. The first-order valence-corrected chi connectivity index (χ1v) is 9.14. The van der Waals surface area contributed by atoms with Gasteiger partial charge in [-0.25, -0.2) is 4.79 Å². The summed E-state index contributed by atoms with van der Waals surface area (Å²) in [6, 6.07) is 15.9. The number of phenols is 2. The number of hydrogen-bond acceptors (Lipinski definition) is 6. The van der Waals surface area contributed by atoms with E-state index in [0.29, 0.717) is 0 Å². The van der Waals surface area contributed by atoms with Gasteiger partial charge >= 0.3 is 5.97 Å². The quantitative estimate of drug-likeness (QED) is 0.506. The molecule has 0 aromatic heterocycles. The van der Waals surface area contributed by atoms with Crippen molar-refractivity contribution < 1.29 is 29.3 Å². The van der Waals surface area contributed by atoms with E-state index in [1.54, 1.807) is 12.2 Å². The molecule has 3 aromatic rings. The first-order chi connectivity index (χ1) is 14.5. The second-order valence-corrected chi connectivity index (χ2v) is 6.69. The lowest BCUT2D eigenvalue weighted by Gasteiger charge is -2.19. The fraction of sp³-hybridized carbons (Fsp3) is 0.0417. The summed E-state index contributed by atoms with van der Waals surface area (Å²) in [6.07, 6.45) is 3.46. The molecule has 30 heavy (non-hydrogen) atoms. The number of carbonyl (C=O) groups is 3. The minimum Gasteiger partial charge on any atom is -0.507 e. The van der Waals surface area contributed by atoms with E-state index in [4.69, 9.17) is 4.74 Å². The van der Waals surface area contributed by atoms with Gasteiger partial charge in [-0.15, -0.1) is 0 Å². The molecule has 4 rings (SSSR count). The summed E-state index contributed by atoms with van der Waals surface area (Å²) in [5.41, 5.74) is 0.407. The summed E-state index contributed by atoms with van der Waals surface area (Å²) in [6.45, 7) is -0.00480. The smallest absolute Gasteiger partial charge is 0.338 e. The minimum atomic E-state index is -0.743. The van der Waals surface area contributed by atoms with Crippen molar-refractivity contribution in [2.45, 2.75) is 0 Å². The Morgan fingerprint density at radius 3 is 2.33 bits per heavy atom. The molecule has 0 bridgehead atoms. The number of aromatic hydroxyl groups is 2. The summed E-state index contributed by atoms with van der Waals surface area (Å²) in [5, 5.41) is 20.3. The average Bonchev–Trinajstić information content (AvgIpc) is 2.75. The fourth-order valence-corrected chi connectivity index (χ4v) is 3.36. The van der Waals surface area contributed by atoms with E-state index in [0.717, 1.165) is 11.6 Å². The Morgan fingerprint density at radius 2 is 1.57 bits per heavy atom. The largest absolute Gasteiger partial charge is 0.507 e. The van der Waals surface area contributed by atoms with E-state index in [9.17, 15) is 24.6 Å². The molecule has 0 atom stereocenters. The number of ketones is 2. The van der Waals surface area contributed by atoms with Crippen LogP contribution in [0.1, 0.15) is 47.8 Å². The molecule has 0 aliphatic heterocycles. The maximum absolute atomic E-state index is 12.8. The molecule has 0 saturated heterocycles. The highest BCUT2D eigenvalue weighted by Crippen LogP contribution is 2.37. The van der Waals surface area contributed by atoms with Crippen molar-refractivity contribution in [3.8, 4) is 11.5 Å². The van der Waals surface area contributed by atoms with E-state index in [1.807, 2.05) is 30.3 Å². The van der Waals surface area contributed by atoms with Crippen molar-refractivity contribution in [1.82, 2.24) is 0 Å². The number of esters is 1. The first kappa shape index (κ1) is 19.1. The summed E-state index contributed by atoms with van der Waals surface area (Å²) in [4.78, 5) is 37.9. The van der Waals surface area contributed by atoms with Crippen LogP contribution >= 0.6 is 0 Å². The SMILES string of the molecule is O=C(OC/C=C/c1ccccc1)c1cc(O)c2c(c1)C(=O)c1cccc(O)c1C2=O. The highest BCUT2D eigenvalue weighted by atomic mass is 16.5. The Labute approximate surface area is 171 Å². The van der Waals surface area contributed by atoms with E-state index < -0.39 is 23.3 Å². The van der Waals surface area contributed by atoms with Crippen LogP contribution in [-0.4, -0.2) is 34.4 Å². The predicted octanol–water partition coefficient (Wildman–Crippen LogP) is 3.74. The summed E-state index contributed by atoms with van der Waals surface area (Å²) >= 11 is 0. The molecule has 6 nitrogen and oxygen atoms in total. The number of hydrogen-bond donors (Lipinski definition) is 2. The first-order valence-electron chi connectivity index (χ1n) is 9.14. The Bertz CT molecular complexity index is 1210. The van der Waals surface area contributed by atoms with E-state index >= 15 is 0 Å². The van der Waals surface area contributed by atoms with Gasteiger partial charge in [0.25, 0.3) is 0 Å². The number of carbonyl (C=O) groups excluding carboxylic acids is 3. The van der Waals surface area contributed by atoms with E-state index in [-0.39, 0.29) is 40.2 Å². The van der Waals surface area contributed by atoms with Gasteiger partial charge < -0.3 is 14.9 Å². The van der Waals surface area contributed by atoms with Crippen molar-refractivity contribution in [3.63, 3.8) is 0 Å². The van der Waals surface area contributed by atoms with E-state index in [2.05, 4.69) is 0 Å². The maximum Gasteiger partial charge on any atom is 0.338 e. The molecule has 0 fully saturated rings. The zero-order valence-corrected chi connectivity index (χ0v) is 15.7. The van der Waals surface area contributed by atoms with Crippen LogP contribution in [0.5, 0.6) is 11.5 Å². The molecule has 0 radical (unpaired) electrons. The van der Waals surface area contributed by atoms with Crippen LogP contribution in [0.4, 0.5) is 0 Å². The maximum atomic E-state index is 12.8. The van der Waals surface area contributed by atoms with Gasteiger partial charge in [0.2, 0.25) is 5.78 Å². The number of phenolic OH excluding ortho intramolecular Hbond substituents is 2. The fourth-order valence-electron chi connectivity index (χ4n) is 3.36. The molecule has 6 heteroatoms. The van der Waals surface area contributed by atoms with Gasteiger partial charge in [-0.3, -0.25) is 9.59 Å². The molecule has 1 aliphatic carbocycles. The monoisotopic (exact) mass is 400 g/mol. The van der Waals surface area contributed by atoms with Crippen LogP contribution in [0.15, 0.2) is 66.7 Å². The molecular weight excluding hydrogens is 384 g/mol. The Kier molecular flexibility index (Phi) is 4.90. The molecule has 2 N–H and O–H groups in total. The van der Waals surface area contributed by atoms with Crippen molar-refractivity contribution in [2.75, 3.05) is 6.61 Å². The van der Waals surface area contributed by atoms with Crippen LogP contribution in [0, 0.1) is 0 Å². The second kappa shape index (κ2) is 7.67. The zero-order chi connectivity index (χ0) is 21.3. The molecule has 0 unspecified atom stereocenters. The van der Waals surface area contributed by atoms with Gasteiger partial charge in [0.05, 0.1) is 16.7 Å². The van der Waals surface area contributed by atoms with Gasteiger partial charge in [-0.05, 0) is 29.8 Å². The van der Waals surface area contributed by atoms with Crippen molar-refractivity contribution in [2.24, 2.45) is 0 Å². The molecule has 1 aliphatic rings. The van der Waals surface area contributed by atoms with E-state index in [1.165, 1.54) is 24.3 Å². The van der Waals surface area contributed by atoms with Gasteiger partial charge in [-0.2, -0.15) is 0 Å². The average molecular weight is 400 g/mol. The van der Waals surface area contributed by atoms with Gasteiger partial charge in [0.15, 0.2) is 5.78 Å². The number of fused-ring (bicyclic) bond motifs is 2. The summed E-state index contributed by atoms with van der Waals surface area (Å²) in [7, 11) is 0. The lowest BCUT2D eigenvalue weighted by atomic mass is 9.82. The molecule has 0 spiro atoms. The highest BCUT2D eigenvalue weighted by molar-refractivity contribution is 6.30. The molecule has 0 heterocycles. The summed E-state index contributed by atoms with van der Waals surface area (Å²) in [5.74, 6) is -2.85. The third kappa shape index (κ3) is 3.35. The van der Waals surface area contributed by atoms with Crippen LogP contribution < -0.4 is 0 Å². The van der Waals surface area contributed by atoms with Crippen molar-refractivity contribution in [1.29, 1.82) is 0 Å². The number of rotatable bonds is 4. The molecular formula is C24H16O6. The Hall–Kier alpha value is -4.19. The van der Waals surface area contributed by atoms with Crippen LogP contribution in [-0.2, 0) is 4.74 Å². The van der Waals surface area contributed by atoms with Gasteiger partial charge in [0.1, 0.15) is 18.1 Å². The van der Waals surface area contributed by atoms with Crippen molar-refractivity contribution >= 4 is 23.6 Å². The highest BCUT2D eigenvalue weighted by Gasteiger charge is 2.35. The second-order valence-electron chi connectivity index (χ2n) is 6.69. The molecule has 3 aromatic carbocycles. The standard InChI is InChI=1S/C24H16O6/c25-18-10-4-9-16-20(18)23(28)21-17(22(16)27)12-15(13-19(21)26)24(29)30-11-5-8-14-6-2-1-3-7-14/h1-10,12-13,25-26H,11H2/b8-5+. The third-order valence-electron chi connectivity index (χ3n) is 4.76. The predicted molar refractivity (Wildman–Crippen MR) is 109 cm³/mol. The Morgan fingerprint density at radius 1 is 0.833 bits per heavy atom. The Balaban J connectivity index is 1.58. The number of ether oxygens (including phenoxy) is 1. The molecule has 148 valence electrons. The number of benzene rings is 3. The third-order valence-corrected chi connectivity index (χ3v) is 4.76. The lowest BCUT2D eigenvalue weighted by molar-refractivity contribution is 0.0549. The van der Waals surface area contributed by atoms with Crippen LogP contribution in [0.3, 0.4) is 0 Å². The minimum absolute atomic E-state index is 0.00480. The molecule has 0 amide bonds. The molecule has 0 saturated carbocycles. The topological polar surface area (TPSA) is 101 Å². The normalized spacial score (nSPS) is 12.5. The summed E-state index contributed by atoms with van der Waals surface area (Å²) < 4.78 is 5.17. The van der Waals surface area contributed by atoms with Gasteiger partial charge in [-0.1, -0.05) is 48.5 Å². The van der Waals surface area contributed by atoms with Crippen LogP contribution in [0.2, 0.25) is 0 Å². The zero-order valence-electron chi connectivity index (χ0n) is 15.7. The van der Waals surface area contributed by atoms with Gasteiger partial charge in [0, 0.05) is 11.1 Å². The van der Waals surface area contributed by atoms with Crippen molar-refractivity contribution in [3.05, 3.63) is 100 Å².